The van der Waals surface area contributed by atoms with Gasteiger partial charge >= 0.3 is 0 Å². The molecular formula is C16H16BrNOS. The van der Waals surface area contributed by atoms with Gasteiger partial charge in [-0.25, -0.2) is 0 Å². The second-order valence-corrected chi connectivity index (χ2v) is 6.97. The number of thiophene rings is 1. The van der Waals surface area contributed by atoms with Crippen LogP contribution in [0.5, 0.6) is 0 Å². The molecule has 2 nitrogen and oxygen atoms in total. The minimum absolute atomic E-state index is 0.183. The Morgan fingerprint density at radius 2 is 2.05 bits per heavy atom. The highest BCUT2D eigenvalue weighted by Crippen LogP contribution is 2.34. The van der Waals surface area contributed by atoms with E-state index in [2.05, 4.69) is 28.1 Å². The Labute approximate surface area is 131 Å². The van der Waals surface area contributed by atoms with Crippen molar-refractivity contribution in [3.05, 3.63) is 56.2 Å². The van der Waals surface area contributed by atoms with Crippen LogP contribution in [0.1, 0.15) is 39.7 Å². The highest BCUT2D eigenvalue weighted by Gasteiger charge is 2.31. The van der Waals surface area contributed by atoms with E-state index in [-0.39, 0.29) is 11.9 Å². The molecule has 20 heavy (non-hydrogen) atoms. The standard InChI is InChI=1S/C16H16BrNOS/c1-11-8-10-20-15(11)16(19)18-9-2-3-14(18)12-4-6-13(17)7-5-12/h4-8,10,14H,2-3,9H2,1H3. The van der Waals surface area contributed by atoms with Gasteiger partial charge in [-0.15, -0.1) is 11.3 Å². The van der Waals surface area contributed by atoms with E-state index in [0.717, 1.165) is 34.3 Å². The third-order valence-electron chi connectivity index (χ3n) is 3.82. The van der Waals surface area contributed by atoms with Gasteiger partial charge in [-0.2, -0.15) is 0 Å². The van der Waals surface area contributed by atoms with Crippen LogP contribution in [0.25, 0.3) is 0 Å². The summed E-state index contributed by atoms with van der Waals surface area (Å²) in [5.74, 6) is 0.183. The SMILES string of the molecule is Cc1ccsc1C(=O)N1CCCC1c1ccc(Br)cc1. The van der Waals surface area contributed by atoms with Gasteiger partial charge in [-0.1, -0.05) is 28.1 Å². The Balaban J connectivity index is 1.87. The number of halogens is 1. The number of carbonyl (C=O) groups excluding carboxylic acids is 1. The van der Waals surface area contributed by atoms with Crippen molar-refractivity contribution >= 4 is 33.2 Å². The largest absolute Gasteiger partial charge is 0.331 e. The summed E-state index contributed by atoms with van der Waals surface area (Å²) < 4.78 is 1.08. The van der Waals surface area contributed by atoms with E-state index >= 15 is 0 Å². The molecular weight excluding hydrogens is 334 g/mol. The van der Waals surface area contributed by atoms with Gasteiger partial charge in [0.2, 0.25) is 0 Å². The smallest absolute Gasteiger partial charge is 0.264 e. The first-order chi connectivity index (χ1) is 9.66. The summed E-state index contributed by atoms with van der Waals surface area (Å²) in [6, 6.07) is 10.6. The first-order valence-electron chi connectivity index (χ1n) is 6.77. The van der Waals surface area contributed by atoms with Gasteiger partial charge in [0.25, 0.3) is 5.91 Å². The molecule has 1 saturated heterocycles. The van der Waals surface area contributed by atoms with Crippen molar-refractivity contribution < 1.29 is 4.79 Å². The molecule has 2 aromatic rings. The van der Waals surface area contributed by atoms with Gasteiger partial charge in [-0.05, 0) is 54.5 Å². The van der Waals surface area contributed by atoms with Gasteiger partial charge in [0.15, 0.2) is 0 Å². The van der Waals surface area contributed by atoms with Gasteiger partial charge in [0.05, 0.1) is 10.9 Å². The fraction of sp³-hybridized carbons (Fsp3) is 0.312. The fourth-order valence-corrected chi connectivity index (χ4v) is 3.91. The van der Waals surface area contributed by atoms with Crippen LogP contribution in [0, 0.1) is 6.92 Å². The monoisotopic (exact) mass is 349 g/mol. The van der Waals surface area contributed by atoms with Crippen molar-refractivity contribution in [2.75, 3.05) is 6.54 Å². The van der Waals surface area contributed by atoms with Crippen LogP contribution in [0.2, 0.25) is 0 Å². The summed E-state index contributed by atoms with van der Waals surface area (Å²) >= 11 is 5.01. The molecule has 1 unspecified atom stereocenters. The molecule has 4 heteroatoms. The molecule has 0 spiro atoms. The van der Waals surface area contributed by atoms with Crippen LogP contribution >= 0.6 is 27.3 Å². The maximum atomic E-state index is 12.7. The molecule has 1 aromatic carbocycles. The van der Waals surface area contributed by atoms with E-state index in [4.69, 9.17) is 0 Å². The zero-order valence-electron chi connectivity index (χ0n) is 11.3. The van der Waals surface area contributed by atoms with E-state index in [0.29, 0.717) is 0 Å². The fourth-order valence-electron chi connectivity index (χ4n) is 2.76. The first kappa shape index (κ1) is 13.8. The van der Waals surface area contributed by atoms with Crippen LogP contribution in [0.15, 0.2) is 40.2 Å². The van der Waals surface area contributed by atoms with Crippen molar-refractivity contribution in [1.29, 1.82) is 0 Å². The normalized spacial score (nSPS) is 18.5. The summed E-state index contributed by atoms with van der Waals surface area (Å²) in [5.41, 5.74) is 2.31. The number of hydrogen-bond acceptors (Lipinski definition) is 2. The van der Waals surface area contributed by atoms with Crippen molar-refractivity contribution in [2.45, 2.75) is 25.8 Å². The zero-order valence-corrected chi connectivity index (χ0v) is 13.7. The third-order valence-corrected chi connectivity index (χ3v) is 5.36. The topological polar surface area (TPSA) is 20.3 Å². The highest BCUT2D eigenvalue weighted by atomic mass is 79.9. The predicted molar refractivity (Wildman–Crippen MR) is 86.2 cm³/mol. The molecule has 1 aromatic heterocycles. The van der Waals surface area contributed by atoms with Crippen LogP contribution in [-0.4, -0.2) is 17.4 Å². The van der Waals surface area contributed by atoms with Gasteiger partial charge in [0, 0.05) is 11.0 Å². The molecule has 0 N–H and O–H groups in total. The van der Waals surface area contributed by atoms with Gasteiger partial charge < -0.3 is 4.90 Å². The lowest BCUT2D eigenvalue weighted by molar-refractivity contribution is 0.0740. The molecule has 0 radical (unpaired) electrons. The van der Waals surface area contributed by atoms with Gasteiger partial charge in [-0.3, -0.25) is 4.79 Å². The molecule has 3 rings (SSSR count). The second kappa shape index (κ2) is 5.70. The maximum Gasteiger partial charge on any atom is 0.264 e. The molecule has 1 aliphatic rings. The molecule has 0 saturated carbocycles. The van der Waals surface area contributed by atoms with Gasteiger partial charge in [0.1, 0.15) is 0 Å². The Kier molecular flexibility index (Phi) is 3.94. The molecule has 1 atom stereocenters. The van der Waals surface area contributed by atoms with E-state index in [1.165, 1.54) is 5.56 Å². The number of carbonyl (C=O) groups is 1. The van der Waals surface area contributed by atoms with E-state index in [1.807, 2.05) is 35.4 Å². The number of nitrogens with zero attached hydrogens (tertiary/aromatic N) is 1. The number of amides is 1. The van der Waals surface area contributed by atoms with Crippen LogP contribution < -0.4 is 0 Å². The van der Waals surface area contributed by atoms with Crippen LogP contribution in [0.3, 0.4) is 0 Å². The van der Waals surface area contributed by atoms with Crippen molar-refractivity contribution in [2.24, 2.45) is 0 Å². The first-order valence-corrected chi connectivity index (χ1v) is 8.44. The Bertz CT molecular complexity index is 620. The predicted octanol–water partition coefficient (Wildman–Crippen LogP) is 4.80. The second-order valence-electron chi connectivity index (χ2n) is 5.14. The molecule has 2 heterocycles. The average molecular weight is 350 g/mol. The van der Waals surface area contributed by atoms with E-state index < -0.39 is 0 Å². The molecule has 0 aliphatic carbocycles. The lowest BCUT2D eigenvalue weighted by Crippen LogP contribution is -2.30. The number of likely N-dealkylation sites (tertiary alicyclic amines) is 1. The molecule has 0 bridgehead atoms. The van der Waals surface area contributed by atoms with Crippen molar-refractivity contribution in [1.82, 2.24) is 4.90 Å². The maximum absolute atomic E-state index is 12.7. The lowest BCUT2D eigenvalue weighted by atomic mass is 10.0. The Morgan fingerprint density at radius 3 is 2.70 bits per heavy atom. The summed E-state index contributed by atoms with van der Waals surface area (Å²) in [4.78, 5) is 15.6. The van der Waals surface area contributed by atoms with Crippen molar-refractivity contribution in [3.63, 3.8) is 0 Å². The van der Waals surface area contributed by atoms with E-state index in [1.54, 1.807) is 11.3 Å². The number of hydrogen-bond donors (Lipinski definition) is 0. The van der Waals surface area contributed by atoms with Crippen molar-refractivity contribution in [3.8, 4) is 0 Å². The summed E-state index contributed by atoms with van der Waals surface area (Å²) in [6.07, 6.45) is 2.13. The number of benzene rings is 1. The molecule has 104 valence electrons. The lowest BCUT2D eigenvalue weighted by Gasteiger charge is -2.25. The number of aryl methyl sites for hydroxylation is 1. The van der Waals surface area contributed by atoms with Crippen LogP contribution in [-0.2, 0) is 0 Å². The Morgan fingerprint density at radius 1 is 1.30 bits per heavy atom. The Hall–Kier alpha value is -1.13. The van der Waals surface area contributed by atoms with Crippen LogP contribution in [0.4, 0.5) is 0 Å². The minimum Gasteiger partial charge on any atom is -0.331 e. The zero-order chi connectivity index (χ0) is 14.1. The molecule has 1 amide bonds. The number of rotatable bonds is 2. The quantitative estimate of drug-likeness (QED) is 0.762. The summed E-state index contributed by atoms with van der Waals surface area (Å²) in [6.45, 7) is 2.87. The third kappa shape index (κ3) is 2.54. The molecule has 1 fully saturated rings. The minimum atomic E-state index is 0.183. The van der Waals surface area contributed by atoms with E-state index in [9.17, 15) is 4.79 Å². The molecule has 1 aliphatic heterocycles. The summed E-state index contributed by atoms with van der Waals surface area (Å²) in [7, 11) is 0. The highest BCUT2D eigenvalue weighted by molar-refractivity contribution is 9.10. The average Bonchev–Trinajstić information content (AvgIpc) is 3.07. The summed E-state index contributed by atoms with van der Waals surface area (Å²) in [5, 5.41) is 1.99.